The van der Waals surface area contributed by atoms with Crippen LogP contribution >= 0.6 is 0 Å². The smallest absolute Gasteiger partial charge is 0.247 e. The number of nitrogens with one attached hydrogen (secondary N) is 4. The largest absolute Gasteiger partial charge is 0.352 e. The van der Waals surface area contributed by atoms with E-state index in [0.29, 0.717) is 25.1 Å². The lowest BCUT2D eigenvalue weighted by molar-refractivity contribution is -0.124. The fourth-order valence-electron chi connectivity index (χ4n) is 4.23. The van der Waals surface area contributed by atoms with Crippen molar-refractivity contribution in [1.29, 1.82) is 5.26 Å². The molecule has 6 unspecified atom stereocenters. The average Bonchev–Trinajstić information content (AvgIpc) is 2.64. The number of piperidine rings is 2. The van der Waals surface area contributed by atoms with Gasteiger partial charge < -0.3 is 21.3 Å². The molecule has 3 aliphatic heterocycles. The van der Waals surface area contributed by atoms with Crippen LogP contribution < -0.4 is 21.3 Å². The number of carbonyl (C=O) groups excluding carboxylic acids is 2. The number of fused-ring (bicyclic) bond motifs is 1. The summed E-state index contributed by atoms with van der Waals surface area (Å²) in [6.45, 7) is 4.76. The van der Waals surface area contributed by atoms with E-state index in [1.807, 2.05) is 13.8 Å². The van der Waals surface area contributed by atoms with Crippen LogP contribution in [0, 0.1) is 23.2 Å². The minimum Gasteiger partial charge on any atom is -0.352 e. The first-order valence-electron chi connectivity index (χ1n) is 9.70. The Hall–Kier alpha value is -1.98. The molecule has 3 aliphatic rings. The maximum Gasteiger partial charge on any atom is 0.247 e. The molecule has 0 aliphatic carbocycles. The van der Waals surface area contributed by atoms with Gasteiger partial charge in [0.25, 0.3) is 0 Å². The number of hydrogen-bond acceptors (Lipinski definition) is 5. The van der Waals surface area contributed by atoms with Gasteiger partial charge in [0.2, 0.25) is 11.8 Å². The van der Waals surface area contributed by atoms with Crippen molar-refractivity contribution >= 4 is 11.8 Å². The molecule has 3 heterocycles. The summed E-state index contributed by atoms with van der Waals surface area (Å²) in [5.74, 6) is -0.635. The van der Waals surface area contributed by atoms with E-state index in [1.165, 1.54) is 0 Å². The number of nitriles is 1. The normalized spacial score (nSPS) is 37.3. The van der Waals surface area contributed by atoms with Crippen LogP contribution in [0.4, 0.5) is 4.39 Å². The highest BCUT2D eigenvalue weighted by Gasteiger charge is 2.37. The lowest BCUT2D eigenvalue weighted by Gasteiger charge is -2.38. The van der Waals surface area contributed by atoms with E-state index in [2.05, 4.69) is 27.3 Å². The number of halogens is 1. The Morgan fingerprint density at radius 2 is 2.26 bits per heavy atom. The van der Waals surface area contributed by atoms with E-state index in [-0.39, 0.29) is 54.2 Å². The van der Waals surface area contributed by atoms with Crippen molar-refractivity contribution in [3.63, 3.8) is 0 Å². The van der Waals surface area contributed by atoms with Gasteiger partial charge >= 0.3 is 0 Å². The molecule has 4 N–H and O–H groups in total. The van der Waals surface area contributed by atoms with Crippen LogP contribution in [-0.4, -0.2) is 55.2 Å². The van der Waals surface area contributed by atoms with E-state index in [4.69, 9.17) is 0 Å². The zero-order valence-corrected chi connectivity index (χ0v) is 15.8. The van der Waals surface area contributed by atoms with Crippen molar-refractivity contribution in [2.24, 2.45) is 11.8 Å². The second kappa shape index (κ2) is 8.36. The van der Waals surface area contributed by atoms with Gasteiger partial charge in [-0.1, -0.05) is 13.0 Å². The van der Waals surface area contributed by atoms with E-state index >= 15 is 0 Å². The number of alkyl halides is 1. The molecule has 0 bridgehead atoms. The summed E-state index contributed by atoms with van der Waals surface area (Å²) in [6.07, 6.45) is 2.33. The van der Waals surface area contributed by atoms with Gasteiger partial charge in [-0.15, -0.1) is 0 Å². The summed E-state index contributed by atoms with van der Waals surface area (Å²) in [5.41, 5.74) is 0.402. The third kappa shape index (κ3) is 4.47. The van der Waals surface area contributed by atoms with Crippen molar-refractivity contribution in [2.45, 2.75) is 63.4 Å². The van der Waals surface area contributed by atoms with E-state index in [9.17, 15) is 19.2 Å². The van der Waals surface area contributed by atoms with Gasteiger partial charge in [-0.3, -0.25) is 9.59 Å². The first-order chi connectivity index (χ1) is 12.9. The highest BCUT2D eigenvalue weighted by molar-refractivity contribution is 5.99. The highest BCUT2D eigenvalue weighted by atomic mass is 19.1. The Morgan fingerprint density at radius 1 is 1.48 bits per heavy atom. The molecule has 2 amide bonds. The maximum atomic E-state index is 13.6. The van der Waals surface area contributed by atoms with Crippen molar-refractivity contribution in [1.82, 2.24) is 21.3 Å². The number of hydrogen-bond donors (Lipinski definition) is 4. The fourth-order valence-corrected chi connectivity index (χ4v) is 4.23. The van der Waals surface area contributed by atoms with Crippen LogP contribution in [0.2, 0.25) is 0 Å². The zero-order chi connectivity index (χ0) is 19.6. The van der Waals surface area contributed by atoms with Gasteiger partial charge in [-0.25, -0.2) is 4.39 Å². The summed E-state index contributed by atoms with van der Waals surface area (Å²) in [5, 5.41) is 21.4. The van der Waals surface area contributed by atoms with Crippen LogP contribution in [0.3, 0.4) is 0 Å². The van der Waals surface area contributed by atoms with Crippen LogP contribution in [0.25, 0.3) is 0 Å². The van der Waals surface area contributed by atoms with E-state index in [0.717, 1.165) is 6.42 Å². The lowest BCUT2D eigenvalue weighted by atomic mass is 9.82. The molecule has 0 saturated carbocycles. The fraction of sp³-hybridized carbons (Fsp3) is 0.737. The van der Waals surface area contributed by atoms with Gasteiger partial charge in [-0.05, 0) is 32.2 Å². The minimum absolute atomic E-state index is 0.0139. The third-order valence-electron chi connectivity index (χ3n) is 5.97. The van der Waals surface area contributed by atoms with Gasteiger partial charge in [0.05, 0.1) is 12.5 Å². The van der Waals surface area contributed by atoms with Crippen LogP contribution in [0.5, 0.6) is 0 Å². The minimum atomic E-state index is -0.856. The third-order valence-corrected chi connectivity index (χ3v) is 5.97. The van der Waals surface area contributed by atoms with Gasteiger partial charge in [0.15, 0.2) is 0 Å². The molecule has 0 spiro atoms. The monoisotopic (exact) mass is 377 g/mol. The predicted molar refractivity (Wildman–Crippen MR) is 98.2 cm³/mol. The van der Waals surface area contributed by atoms with Gasteiger partial charge in [0.1, 0.15) is 12.2 Å². The Labute approximate surface area is 159 Å². The highest BCUT2D eigenvalue weighted by Crippen LogP contribution is 2.26. The number of nitrogens with zero attached hydrogens (tertiary/aromatic N) is 1. The van der Waals surface area contributed by atoms with Gasteiger partial charge in [-0.2, -0.15) is 5.26 Å². The molecule has 3 rings (SSSR count). The molecule has 27 heavy (non-hydrogen) atoms. The van der Waals surface area contributed by atoms with Crippen molar-refractivity contribution in [2.75, 3.05) is 13.1 Å². The molecule has 0 radical (unpaired) electrons. The Morgan fingerprint density at radius 3 is 2.96 bits per heavy atom. The molecule has 0 aromatic carbocycles. The standard InChI is InChI=1S/C19H28FN5O2/c1-10-5-16(23-9-14(10)20)11(2)24-18(26)7-12-6-13-15(25-19(12)27)3-4-22-17(13)8-21/h6,10-11,13-17,22-23H,3-5,7,9H2,1-2H3,(H,24,26)(H,25,27)/t10?,11-,13?,14?,15?,16?,17?/m0/s1. The summed E-state index contributed by atoms with van der Waals surface area (Å²) in [4.78, 5) is 24.8. The quantitative estimate of drug-likeness (QED) is 0.558. The van der Waals surface area contributed by atoms with Crippen LogP contribution in [-0.2, 0) is 9.59 Å². The summed E-state index contributed by atoms with van der Waals surface area (Å²) >= 11 is 0. The van der Waals surface area contributed by atoms with Gasteiger partial charge in [0, 0.05) is 36.2 Å². The molecule has 0 aromatic rings. The number of amides is 2. The molecule has 2 fully saturated rings. The Bertz CT molecular complexity index is 661. The molecule has 148 valence electrons. The summed E-state index contributed by atoms with van der Waals surface area (Å²) < 4.78 is 13.6. The first-order valence-corrected chi connectivity index (χ1v) is 9.70. The molecule has 0 aromatic heterocycles. The van der Waals surface area contributed by atoms with Crippen molar-refractivity contribution < 1.29 is 14.0 Å². The summed E-state index contributed by atoms with van der Waals surface area (Å²) in [6, 6.07) is 1.67. The number of rotatable bonds is 4. The number of carbonyl (C=O) groups is 2. The SMILES string of the molecule is CC1CC([C@H](C)NC(=O)CC2=CC3C(C#N)NCCC3NC2=O)NCC1F. The molecular formula is C19H28FN5O2. The topological polar surface area (TPSA) is 106 Å². The van der Waals surface area contributed by atoms with E-state index < -0.39 is 6.17 Å². The Balaban J connectivity index is 1.59. The molecule has 8 heteroatoms. The maximum absolute atomic E-state index is 13.6. The van der Waals surface area contributed by atoms with Crippen molar-refractivity contribution in [3.8, 4) is 6.07 Å². The Kier molecular flexibility index (Phi) is 6.12. The van der Waals surface area contributed by atoms with Crippen LogP contribution in [0.15, 0.2) is 11.6 Å². The molecule has 2 saturated heterocycles. The van der Waals surface area contributed by atoms with Crippen LogP contribution in [0.1, 0.15) is 33.1 Å². The average molecular weight is 377 g/mol. The first kappa shape index (κ1) is 19.8. The second-order valence-electron chi connectivity index (χ2n) is 7.98. The van der Waals surface area contributed by atoms with E-state index in [1.54, 1.807) is 6.08 Å². The predicted octanol–water partition coefficient (Wildman–Crippen LogP) is 0.144. The van der Waals surface area contributed by atoms with Crippen molar-refractivity contribution in [3.05, 3.63) is 11.6 Å². The lowest BCUT2D eigenvalue weighted by Crippen LogP contribution is -2.57. The summed E-state index contributed by atoms with van der Waals surface area (Å²) in [7, 11) is 0. The second-order valence-corrected chi connectivity index (χ2v) is 7.98. The molecule has 7 atom stereocenters. The zero-order valence-electron chi connectivity index (χ0n) is 15.8. The molecular weight excluding hydrogens is 349 g/mol. The molecule has 7 nitrogen and oxygen atoms in total.